The molecule has 0 aliphatic carbocycles. The van der Waals surface area contributed by atoms with Crippen molar-refractivity contribution in [1.29, 1.82) is 0 Å². The number of amides is 3. The van der Waals surface area contributed by atoms with Crippen molar-refractivity contribution in [3.05, 3.63) is 64.7 Å². The minimum Gasteiger partial charge on any atom is -0.326 e. The van der Waals surface area contributed by atoms with Crippen LogP contribution in [0.25, 0.3) is 0 Å². The van der Waals surface area contributed by atoms with Crippen molar-refractivity contribution < 1.29 is 14.4 Å². The van der Waals surface area contributed by atoms with E-state index in [2.05, 4.69) is 16.2 Å². The Morgan fingerprint density at radius 1 is 0.920 bits per heavy atom. The molecule has 0 saturated heterocycles. The lowest BCUT2D eigenvalue weighted by Gasteiger charge is -2.09. The van der Waals surface area contributed by atoms with Crippen LogP contribution in [0.1, 0.15) is 40.5 Å². The Bertz CT molecular complexity index is 775. The number of hydrogen-bond acceptors (Lipinski definition) is 3. The van der Waals surface area contributed by atoms with Crippen molar-refractivity contribution >= 4 is 35.0 Å². The second kappa shape index (κ2) is 8.84. The molecule has 6 nitrogen and oxygen atoms in total. The number of benzene rings is 2. The number of hydrogen-bond donors (Lipinski definition) is 3. The van der Waals surface area contributed by atoms with Gasteiger partial charge < -0.3 is 5.32 Å². The Kier molecular flexibility index (Phi) is 6.54. The van der Waals surface area contributed by atoms with Gasteiger partial charge in [0.25, 0.3) is 11.8 Å². The van der Waals surface area contributed by atoms with Crippen LogP contribution in [-0.2, 0) is 4.79 Å². The van der Waals surface area contributed by atoms with Crippen molar-refractivity contribution in [2.45, 2.75) is 19.8 Å². The van der Waals surface area contributed by atoms with Crippen molar-refractivity contribution in [3.8, 4) is 0 Å². The summed E-state index contributed by atoms with van der Waals surface area (Å²) >= 11 is 5.82. The molecular formula is C18H18ClN3O3. The van der Waals surface area contributed by atoms with Crippen LogP contribution in [-0.4, -0.2) is 17.7 Å². The number of carbonyl (C=O) groups is 3. The molecule has 0 spiro atoms. The van der Waals surface area contributed by atoms with E-state index in [4.69, 9.17) is 11.6 Å². The van der Waals surface area contributed by atoms with Crippen LogP contribution >= 0.6 is 11.6 Å². The number of hydrazine groups is 1. The number of rotatable bonds is 5. The predicted octanol–water partition coefficient (Wildman–Crippen LogP) is 3.15. The highest BCUT2D eigenvalue weighted by Gasteiger charge is 2.10. The predicted molar refractivity (Wildman–Crippen MR) is 96.4 cm³/mol. The molecule has 0 aliphatic heterocycles. The van der Waals surface area contributed by atoms with E-state index in [1.807, 2.05) is 6.92 Å². The summed E-state index contributed by atoms with van der Waals surface area (Å²) in [5, 5.41) is 3.16. The van der Waals surface area contributed by atoms with E-state index in [-0.39, 0.29) is 5.91 Å². The van der Waals surface area contributed by atoms with Crippen molar-refractivity contribution in [2.75, 3.05) is 5.32 Å². The third kappa shape index (κ3) is 5.61. The zero-order chi connectivity index (χ0) is 18.2. The fraction of sp³-hybridized carbons (Fsp3) is 0.167. The molecule has 130 valence electrons. The molecule has 0 aliphatic rings. The van der Waals surface area contributed by atoms with E-state index in [0.717, 1.165) is 6.42 Å². The summed E-state index contributed by atoms with van der Waals surface area (Å²) in [6.45, 7) is 1.92. The van der Waals surface area contributed by atoms with Crippen LogP contribution in [0.15, 0.2) is 48.5 Å². The molecule has 2 aromatic carbocycles. The third-order valence-electron chi connectivity index (χ3n) is 3.28. The zero-order valence-electron chi connectivity index (χ0n) is 13.6. The number of halogens is 1. The summed E-state index contributed by atoms with van der Waals surface area (Å²) < 4.78 is 0. The fourth-order valence-electron chi connectivity index (χ4n) is 2.04. The van der Waals surface area contributed by atoms with Gasteiger partial charge in [0.15, 0.2) is 0 Å². The first kappa shape index (κ1) is 18.5. The van der Waals surface area contributed by atoms with Crippen LogP contribution in [0.3, 0.4) is 0 Å². The van der Waals surface area contributed by atoms with E-state index in [1.165, 1.54) is 6.07 Å². The molecule has 0 aromatic heterocycles. The molecule has 3 N–H and O–H groups in total. The molecule has 2 aromatic rings. The van der Waals surface area contributed by atoms with Gasteiger partial charge in [-0.2, -0.15) is 0 Å². The second-order valence-electron chi connectivity index (χ2n) is 5.29. The first-order valence-corrected chi connectivity index (χ1v) is 8.13. The Morgan fingerprint density at radius 2 is 1.56 bits per heavy atom. The minimum absolute atomic E-state index is 0.0755. The van der Waals surface area contributed by atoms with Gasteiger partial charge in [-0.25, -0.2) is 0 Å². The zero-order valence-corrected chi connectivity index (χ0v) is 14.4. The summed E-state index contributed by atoms with van der Waals surface area (Å²) in [6, 6.07) is 12.7. The van der Waals surface area contributed by atoms with Crippen molar-refractivity contribution in [2.24, 2.45) is 0 Å². The second-order valence-corrected chi connectivity index (χ2v) is 5.73. The highest BCUT2D eigenvalue weighted by Crippen LogP contribution is 2.11. The van der Waals surface area contributed by atoms with Gasteiger partial charge in [-0.05, 0) is 48.9 Å². The van der Waals surface area contributed by atoms with Gasteiger partial charge in [-0.15, -0.1) is 0 Å². The molecule has 0 bridgehead atoms. The highest BCUT2D eigenvalue weighted by atomic mass is 35.5. The normalized spacial score (nSPS) is 10.0. The van der Waals surface area contributed by atoms with Crippen molar-refractivity contribution in [3.63, 3.8) is 0 Å². The molecule has 2 rings (SSSR count). The Labute approximate surface area is 150 Å². The maximum Gasteiger partial charge on any atom is 0.269 e. The lowest BCUT2D eigenvalue weighted by molar-refractivity contribution is -0.116. The summed E-state index contributed by atoms with van der Waals surface area (Å²) in [6.07, 6.45) is 1.20. The monoisotopic (exact) mass is 359 g/mol. The van der Waals surface area contributed by atoms with Gasteiger partial charge in [0, 0.05) is 28.3 Å². The fourth-order valence-corrected chi connectivity index (χ4v) is 2.23. The SMILES string of the molecule is CCCC(=O)Nc1ccc(C(=O)NNC(=O)c2cccc(Cl)c2)cc1. The van der Waals surface area contributed by atoms with Gasteiger partial charge in [0.1, 0.15) is 0 Å². The number of anilines is 1. The van der Waals surface area contributed by atoms with E-state index < -0.39 is 11.8 Å². The van der Waals surface area contributed by atoms with Gasteiger partial charge >= 0.3 is 0 Å². The van der Waals surface area contributed by atoms with Crippen molar-refractivity contribution in [1.82, 2.24) is 10.9 Å². The molecule has 0 fully saturated rings. The Balaban J connectivity index is 1.90. The van der Waals surface area contributed by atoms with E-state index in [0.29, 0.717) is 28.3 Å². The van der Waals surface area contributed by atoms with Gasteiger partial charge in [-0.1, -0.05) is 24.6 Å². The van der Waals surface area contributed by atoms with E-state index in [1.54, 1.807) is 42.5 Å². The summed E-state index contributed by atoms with van der Waals surface area (Å²) in [7, 11) is 0. The average molecular weight is 360 g/mol. The molecule has 0 heterocycles. The smallest absolute Gasteiger partial charge is 0.269 e. The molecule has 3 amide bonds. The molecular weight excluding hydrogens is 342 g/mol. The summed E-state index contributed by atoms with van der Waals surface area (Å²) in [4.78, 5) is 35.5. The topological polar surface area (TPSA) is 87.3 Å². The lowest BCUT2D eigenvalue weighted by Crippen LogP contribution is -2.41. The average Bonchev–Trinajstić information content (AvgIpc) is 2.60. The molecule has 0 atom stereocenters. The maximum absolute atomic E-state index is 12.0. The van der Waals surface area contributed by atoms with E-state index >= 15 is 0 Å². The lowest BCUT2D eigenvalue weighted by atomic mass is 10.2. The minimum atomic E-state index is -0.473. The molecule has 0 saturated carbocycles. The van der Waals surface area contributed by atoms with Gasteiger partial charge in [0.2, 0.25) is 5.91 Å². The largest absolute Gasteiger partial charge is 0.326 e. The first-order valence-electron chi connectivity index (χ1n) is 7.75. The first-order chi connectivity index (χ1) is 12.0. The van der Waals surface area contributed by atoms with Crippen LogP contribution in [0.2, 0.25) is 5.02 Å². The Hall–Kier alpha value is -2.86. The number of nitrogens with one attached hydrogen (secondary N) is 3. The number of carbonyl (C=O) groups excluding carboxylic acids is 3. The molecule has 0 unspecified atom stereocenters. The van der Waals surface area contributed by atoms with Crippen LogP contribution in [0.5, 0.6) is 0 Å². The van der Waals surface area contributed by atoms with Crippen LogP contribution in [0, 0.1) is 0 Å². The maximum atomic E-state index is 12.0. The third-order valence-corrected chi connectivity index (χ3v) is 3.52. The quantitative estimate of drug-likeness (QED) is 0.716. The summed E-state index contributed by atoms with van der Waals surface area (Å²) in [5.41, 5.74) is 5.94. The molecule has 0 radical (unpaired) electrons. The molecule has 7 heteroatoms. The highest BCUT2D eigenvalue weighted by molar-refractivity contribution is 6.31. The Morgan fingerprint density at radius 3 is 2.16 bits per heavy atom. The van der Waals surface area contributed by atoms with Gasteiger partial charge in [0.05, 0.1) is 0 Å². The molecule has 25 heavy (non-hydrogen) atoms. The standard InChI is InChI=1S/C18H18ClN3O3/c1-2-4-16(23)20-15-9-7-12(8-10-15)17(24)21-22-18(25)13-5-3-6-14(19)11-13/h3,5-11H,2,4H2,1H3,(H,20,23)(H,21,24)(H,22,25). The van der Waals surface area contributed by atoms with Crippen LogP contribution < -0.4 is 16.2 Å². The van der Waals surface area contributed by atoms with E-state index in [9.17, 15) is 14.4 Å². The van der Waals surface area contributed by atoms with Crippen LogP contribution in [0.4, 0.5) is 5.69 Å². The summed E-state index contributed by atoms with van der Waals surface area (Å²) in [5.74, 6) is -1.02. The van der Waals surface area contributed by atoms with Gasteiger partial charge in [-0.3, -0.25) is 25.2 Å².